The molecule has 1 heterocycles. The molecule has 18 heavy (non-hydrogen) atoms. The van der Waals surface area contributed by atoms with Crippen LogP contribution in [0, 0.1) is 0 Å². The lowest BCUT2D eigenvalue weighted by Crippen LogP contribution is -2.20. The molecule has 0 aliphatic rings. The zero-order valence-electron chi connectivity index (χ0n) is 9.44. The van der Waals surface area contributed by atoms with Crippen molar-refractivity contribution in [3.8, 4) is 0 Å². The number of anilines is 1. The van der Waals surface area contributed by atoms with Crippen LogP contribution in [-0.4, -0.2) is 10.9 Å². The number of alkyl halides is 1. The van der Waals surface area contributed by atoms with Crippen LogP contribution in [0.25, 0.3) is 0 Å². The van der Waals surface area contributed by atoms with Gasteiger partial charge in [-0.05, 0) is 17.7 Å². The first kappa shape index (κ1) is 12.6. The molecule has 0 unspecified atom stereocenters. The molecule has 2 N–H and O–H groups in total. The van der Waals surface area contributed by atoms with E-state index >= 15 is 0 Å². The molecular formula is C13H11BrN2O2. The van der Waals surface area contributed by atoms with Crippen LogP contribution in [0.15, 0.2) is 47.5 Å². The van der Waals surface area contributed by atoms with Crippen molar-refractivity contribution in [2.75, 3.05) is 5.32 Å². The predicted octanol–water partition coefficient (Wildman–Crippen LogP) is 2.52. The average Bonchev–Trinajstić information content (AvgIpc) is 2.40. The number of carbonyl (C=O) groups excluding carboxylic acids is 1. The highest BCUT2D eigenvalue weighted by atomic mass is 79.9. The monoisotopic (exact) mass is 306 g/mol. The summed E-state index contributed by atoms with van der Waals surface area (Å²) in [6.45, 7) is 0. The second-order valence-corrected chi connectivity index (χ2v) is 4.27. The summed E-state index contributed by atoms with van der Waals surface area (Å²) in [7, 11) is 0. The van der Waals surface area contributed by atoms with Crippen molar-refractivity contribution in [3.05, 3.63) is 64.1 Å². The van der Waals surface area contributed by atoms with Gasteiger partial charge in [0.05, 0.1) is 0 Å². The molecule has 1 aromatic heterocycles. The largest absolute Gasteiger partial charge is 0.367 e. The number of rotatable bonds is 3. The van der Waals surface area contributed by atoms with Crippen molar-refractivity contribution >= 4 is 27.5 Å². The number of H-pyrrole nitrogens is 1. The average molecular weight is 307 g/mol. The van der Waals surface area contributed by atoms with Gasteiger partial charge in [0.15, 0.2) is 5.43 Å². The van der Waals surface area contributed by atoms with Crippen molar-refractivity contribution in [2.45, 2.75) is 5.33 Å². The molecule has 2 aromatic rings. The molecule has 0 spiro atoms. The molecule has 1 aromatic carbocycles. The molecule has 2 rings (SSSR count). The van der Waals surface area contributed by atoms with Crippen LogP contribution in [-0.2, 0) is 5.33 Å². The number of amides is 1. The number of hydrogen-bond acceptors (Lipinski definition) is 2. The van der Waals surface area contributed by atoms with E-state index in [1.807, 2.05) is 12.1 Å². The molecule has 92 valence electrons. The van der Waals surface area contributed by atoms with Gasteiger partial charge in [-0.1, -0.05) is 28.1 Å². The molecular weight excluding hydrogens is 296 g/mol. The van der Waals surface area contributed by atoms with Gasteiger partial charge in [0.1, 0.15) is 5.56 Å². The van der Waals surface area contributed by atoms with Crippen molar-refractivity contribution < 1.29 is 4.79 Å². The number of aromatic nitrogens is 1. The Hall–Kier alpha value is -1.88. The minimum atomic E-state index is -0.413. The van der Waals surface area contributed by atoms with Gasteiger partial charge >= 0.3 is 0 Å². The van der Waals surface area contributed by atoms with Gasteiger partial charge in [-0.3, -0.25) is 9.59 Å². The van der Waals surface area contributed by atoms with E-state index in [1.54, 1.807) is 12.1 Å². The fourth-order valence-corrected chi connectivity index (χ4v) is 1.84. The van der Waals surface area contributed by atoms with Crippen LogP contribution < -0.4 is 10.7 Å². The molecule has 4 nitrogen and oxygen atoms in total. The third kappa shape index (κ3) is 2.87. The smallest absolute Gasteiger partial charge is 0.261 e. The van der Waals surface area contributed by atoms with Crippen molar-refractivity contribution in [3.63, 3.8) is 0 Å². The lowest BCUT2D eigenvalue weighted by molar-refractivity contribution is 0.102. The Balaban J connectivity index is 2.16. The van der Waals surface area contributed by atoms with Crippen LogP contribution in [0.5, 0.6) is 0 Å². The number of halogens is 1. The van der Waals surface area contributed by atoms with Crippen LogP contribution in [0.1, 0.15) is 15.9 Å². The summed E-state index contributed by atoms with van der Waals surface area (Å²) in [5.41, 5.74) is 1.57. The standard InChI is InChI=1S/C13H11BrN2O2/c14-7-9-1-3-10(4-2-9)16-13(18)11-8-15-6-5-12(11)17/h1-6,8H,7H2,(H,15,17)(H,16,18). The summed E-state index contributed by atoms with van der Waals surface area (Å²) in [6, 6.07) is 8.72. The highest BCUT2D eigenvalue weighted by molar-refractivity contribution is 9.08. The molecule has 0 aliphatic carbocycles. The third-order valence-electron chi connectivity index (χ3n) is 2.43. The molecule has 5 heteroatoms. The molecule has 0 radical (unpaired) electrons. The normalized spacial score (nSPS) is 10.1. The second-order valence-electron chi connectivity index (χ2n) is 3.71. The summed E-state index contributed by atoms with van der Waals surface area (Å²) < 4.78 is 0. The Morgan fingerprint density at radius 3 is 2.56 bits per heavy atom. The van der Waals surface area contributed by atoms with E-state index in [-0.39, 0.29) is 11.0 Å². The topological polar surface area (TPSA) is 62.0 Å². The first-order valence-electron chi connectivity index (χ1n) is 5.34. The van der Waals surface area contributed by atoms with E-state index in [1.165, 1.54) is 18.5 Å². The van der Waals surface area contributed by atoms with Crippen LogP contribution in [0.4, 0.5) is 5.69 Å². The van der Waals surface area contributed by atoms with Gasteiger partial charge in [-0.15, -0.1) is 0 Å². The molecule has 0 bridgehead atoms. The van der Waals surface area contributed by atoms with E-state index in [4.69, 9.17) is 0 Å². The van der Waals surface area contributed by atoms with E-state index in [9.17, 15) is 9.59 Å². The highest BCUT2D eigenvalue weighted by Crippen LogP contribution is 2.12. The van der Waals surface area contributed by atoms with E-state index in [2.05, 4.69) is 26.2 Å². The lowest BCUT2D eigenvalue weighted by atomic mass is 10.2. The predicted molar refractivity (Wildman–Crippen MR) is 74.1 cm³/mol. The van der Waals surface area contributed by atoms with E-state index in [0.717, 1.165) is 10.9 Å². The number of carbonyl (C=O) groups is 1. The van der Waals surface area contributed by atoms with Gasteiger partial charge in [-0.2, -0.15) is 0 Å². The first-order valence-corrected chi connectivity index (χ1v) is 6.46. The number of aromatic amines is 1. The Bertz CT molecular complexity index is 605. The minimum Gasteiger partial charge on any atom is -0.367 e. The van der Waals surface area contributed by atoms with Gasteiger partial charge in [0, 0.05) is 29.5 Å². The lowest BCUT2D eigenvalue weighted by Gasteiger charge is -2.05. The van der Waals surface area contributed by atoms with Gasteiger partial charge in [-0.25, -0.2) is 0 Å². The quantitative estimate of drug-likeness (QED) is 0.856. The fourth-order valence-electron chi connectivity index (χ4n) is 1.47. The Kier molecular flexibility index (Phi) is 3.94. The van der Waals surface area contributed by atoms with Crippen LogP contribution >= 0.6 is 15.9 Å². The minimum absolute atomic E-state index is 0.0991. The fraction of sp³-hybridized carbons (Fsp3) is 0.0769. The van der Waals surface area contributed by atoms with Crippen molar-refractivity contribution in [2.24, 2.45) is 0 Å². The number of hydrogen-bond donors (Lipinski definition) is 2. The molecule has 1 amide bonds. The van der Waals surface area contributed by atoms with Crippen LogP contribution in [0.3, 0.4) is 0 Å². The Labute approximate surface area is 112 Å². The summed E-state index contributed by atoms with van der Waals surface area (Å²) in [5, 5.41) is 3.44. The van der Waals surface area contributed by atoms with E-state index < -0.39 is 5.91 Å². The number of pyridine rings is 1. The van der Waals surface area contributed by atoms with Crippen molar-refractivity contribution in [1.29, 1.82) is 0 Å². The van der Waals surface area contributed by atoms with Gasteiger partial charge in [0.2, 0.25) is 0 Å². The molecule has 0 saturated carbocycles. The second kappa shape index (κ2) is 5.64. The summed E-state index contributed by atoms with van der Waals surface area (Å²) >= 11 is 3.35. The maximum absolute atomic E-state index is 11.8. The molecule has 0 atom stereocenters. The Morgan fingerprint density at radius 1 is 1.22 bits per heavy atom. The maximum Gasteiger partial charge on any atom is 0.261 e. The SMILES string of the molecule is O=C(Nc1ccc(CBr)cc1)c1c[nH]ccc1=O. The Morgan fingerprint density at radius 2 is 1.94 bits per heavy atom. The summed E-state index contributed by atoms with van der Waals surface area (Å²) in [5.74, 6) is -0.413. The highest BCUT2D eigenvalue weighted by Gasteiger charge is 2.09. The zero-order chi connectivity index (χ0) is 13.0. The number of nitrogens with one attached hydrogen (secondary N) is 2. The van der Waals surface area contributed by atoms with Gasteiger partial charge in [0.25, 0.3) is 5.91 Å². The maximum atomic E-state index is 11.8. The molecule has 0 saturated heterocycles. The number of benzene rings is 1. The van der Waals surface area contributed by atoms with Crippen molar-refractivity contribution in [1.82, 2.24) is 4.98 Å². The third-order valence-corrected chi connectivity index (χ3v) is 3.08. The van der Waals surface area contributed by atoms with E-state index in [0.29, 0.717) is 5.69 Å². The zero-order valence-corrected chi connectivity index (χ0v) is 11.0. The summed E-state index contributed by atoms with van der Waals surface area (Å²) in [4.78, 5) is 26.0. The summed E-state index contributed by atoms with van der Waals surface area (Å²) in [6.07, 6.45) is 2.88. The molecule has 0 fully saturated rings. The first-order chi connectivity index (χ1) is 8.70. The van der Waals surface area contributed by atoms with Crippen LogP contribution in [0.2, 0.25) is 0 Å². The molecule has 0 aliphatic heterocycles. The van der Waals surface area contributed by atoms with Gasteiger partial charge < -0.3 is 10.3 Å².